The number of aromatic nitrogens is 2. The van der Waals surface area contributed by atoms with Gasteiger partial charge in [0.2, 0.25) is 5.88 Å². The third kappa shape index (κ3) is 3.73. The summed E-state index contributed by atoms with van der Waals surface area (Å²) in [6.45, 7) is 7.92. The summed E-state index contributed by atoms with van der Waals surface area (Å²) in [6, 6.07) is 9.86. The maximum atomic E-state index is 6.23. The summed E-state index contributed by atoms with van der Waals surface area (Å²) in [7, 11) is 0. The van der Waals surface area contributed by atoms with Gasteiger partial charge in [-0.1, -0.05) is 23.7 Å². The van der Waals surface area contributed by atoms with Crippen LogP contribution in [0.25, 0.3) is 0 Å². The van der Waals surface area contributed by atoms with E-state index < -0.39 is 0 Å². The molecule has 0 aliphatic rings. The highest BCUT2D eigenvalue weighted by atomic mass is 35.5. The van der Waals surface area contributed by atoms with Gasteiger partial charge < -0.3 is 15.8 Å². The molecule has 3 aromatic rings. The molecule has 0 atom stereocenters. The number of nitrogens with two attached hydrogens (primary N) is 1. The second-order valence-electron chi connectivity index (χ2n) is 6.36. The molecule has 0 bridgehead atoms. The van der Waals surface area contributed by atoms with Crippen molar-refractivity contribution in [3.63, 3.8) is 0 Å². The highest BCUT2D eigenvalue weighted by molar-refractivity contribution is 6.32. The first-order chi connectivity index (χ1) is 12.3. The molecular formula is C20H21ClN4O. The molecule has 0 fully saturated rings. The van der Waals surface area contributed by atoms with Crippen molar-refractivity contribution in [1.82, 2.24) is 9.97 Å². The van der Waals surface area contributed by atoms with E-state index in [1.807, 2.05) is 52.0 Å². The summed E-state index contributed by atoms with van der Waals surface area (Å²) in [5.74, 6) is 1.44. The quantitative estimate of drug-likeness (QED) is 0.637. The monoisotopic (exact) mass is 368 g/mol. The number of hydrogen-bond donors (Lipinski definition) is 2. The van der Waals surface area contributed by atoms with Gasteiger partial charge in [0.15, 0.2) is 5.82 Å². The molecule has 5 nitrogen and oxygen atoms in total. The zero-order valence-electron chi connectivity index (χ0n) is 15.2. The van der Waals surface area contributed by atoms with Crippen LogP contribution < -0.4 is 15.8 Å². The van der Waals surface area contributed by atoms with Crippen molar-refractivity contribution in [2.24, 2.45) is 0 Å². The lowest BCUT2D eigenvalue weighted by atomic mass is 10.1. The lowest BCUT2D eigenvalue weighted by Gasteiger charge is -2.14. The summed E-state index contributed by atoms with van der Waals surface area (Å²) in [5, 5.41) is 3.99. The molecule has 3 rings (SSSR count). The Hall–Kier alpha value is -2.79. The van der Waals surface area contributed by atoms with Crippen LogP contribution in [0, 0.1) is 27.7 Å². The largest absolute Gasteiger partial charge is 0.437 e. The molecule has 0 saturated heterocycles. The van der Waals surface area contributed by atoms with E-state index in [0.29, 0.717) is 23.1 Å². The van der Waals surface area contributed by atoms with E-state index in [2.05, 4.69) is 21.4 Å². The Morgan fingerprint density at radius 3 is 2.35 bits per heavy atom. The average molecular weight is 369 g/mol. The van der Waals surface area contributed by atoms with Gasteiger partial charge in [0.05, 0.1) is 0 Å². The van der Waals surface area contributed by atoms with Crippen LogP contribution >= 0.6 is 11.6 Å². The predicted octanol–water partition coefficient (Wildman–Crippen LogP) is 5.48. The number of anilines is 3. The Labute approximate surface area is 158 Å². The lowest BCUT2D eigenvalue weighted by molar-refractivity contribution is 0.464. The average Bonchev–Trinajstić information content (AvgIpc) is 2.59. The zero-order valence-corrected chi connectivity index (χ0v) is 16.0. The topological polar surface area (TPSA) is 73.1 Å². The molecule has 0 saturated carbocycles. The van der Waals surface area contributed by atoms with E-state index in [1.54, 1.807) is 0 Å². The van der Waals surface area contributed by atoms with Gasteiger partial charge in [-0.25, -0.2) is 4.98 Å². The summed E-state index contributed by atoms with van der Waals surface area (Å²) in [4.78, 5) is 8.41. The molecule has 1 aromatic heterocycles. The van der Waals surface area contributed by atoms with Gasteiger partial charge in [0.25, 0.3) is 0 Å². The summed E-state index contributed by atoms with van der Waals surface area (Å²) < 4.78 is 5.88. The van der Waals surface area contributed by atoms with Crippen LogP contribution in [0.2, 0.25) is 5.02 Å². The van der Waals surface area contributed by atoms with E-state index >= 15 is 0 Å². The van der Waals surface area contributed by atoms with E-state index in [4.69, 9.17) is 22.1 Å². The second kappa shape index (κ2) is 7.22. The molecule has 1 heterocycles. The fourth-order valence-corrected chi connectivity index (χ4v) is 2.74. The first kappa shape index (κ1) is 18.0. The van der Waals surface area contributed by atoms with E-state index in [1.165, 1.54) is 6.33 Å². The van der Waals surface area contributed by atoms with Crippen molar-refractivity contribution >= 4 is 28.8 Å². The highest BCUT2D eigenvalue weighted by Crippen LogP contribution is 2.34. The SMILES string of the molecule is Cc1ccc(C)c(Nc2ncnc(Oc3cc(C)c(Cl)c(C)c3)c2N)c1. The Morgan fingerprint density at radius 2 is 1.65 bits per heavy atom. The van der Waals surface area contributed by atoms with Crippen molar-refractivity contribution in [2.45, 2.75) is 27.7 Å². The molecule has 0 spiro atoms. The lowest BCUT2D eigenvalue weighted by Crippen LogP contribution is -2.04. The normalized spacial score (nSPS) is 10.7. The first-order valence-electron chi connectivity index (χ1n) is 8.24. The number of aryl methyl sites for hydroxylation is 4. The molecule has 6 heteroatoms. The Kier molecular flexibility index (Phi) is 5.00. The third-order valence-electron chi connectivity index (χ3n) is 4.12. The molecule has 26 heavy (non-hydrogen) atoms. The van der Waals surface area contributed by atoms with E-state index in [9.17, 15) is 0 Å². The maximum Gasteiger partial charge on any atom is 0.248 e. The standard InChI is InChI=1S/C20H21ClN4O/c1-11-5-6-12(2)16(7-11)25-19-18(22)20(24-10-23-19)26-15-8-13(3)17(21)14(4)9-15/h5-10H,22H2,1-4H3,(H,23,24,25). The molecule has 0 aliphatic heterocycles. The fraction of sp³-hybridized carbons (Fsp3) is 0.200. The third-order valence-corrected chi connectivity index (χ3v) is 4.71. The molecular weight excluding hydrogens is 348 g/mol. The van der Waals surface area contributed by atoms with Crippen LogP contribution in [0.3, 0.4) is 0 Å². The van der Waals surface area contributed by atoms with Crippen molar-refractivity contribution in [3.8, 4) is 11.6 Å². The maximum absolute atomic E-state index is 6.23. The van der Waals surface area contributed by atoms with Gasteiger partial charge in [-0.2, -0.15) is 4.98 Å². The minimum Gasteiger partial charge on any atom is -0.437 e. The number of nitrogen functional groups attached to an aromatic ring is 1. The van der Waals surface area contributed by atoms with Crippen LogP contribution in [-0.4, -0.2) is 9.97 Å². The van der Waals surface area contributed by atoms with Crippen LogP contribution in [-0.2, 0) is 0 Å². The van der Waals surface area contributed by atoms with E-state index in [-0.39, 0.29) is 0 Å². The predicted molar refractivity (Wildman–Crippen MR) is 107 cm³/mol. The van der Waals surface area contributed by atoms with Crippen molar-refractivity contribution < 1.29 is 4.74 Å². The number of nitrogens with zero attached hydrogens (tertiary/aromatic N) is 2. The molecule has 3 N–H and O–H groups in total. The summed E-state index contributed by atoms with van der Waals surface area (Å²) >= 11 is 6.21. The molecule has 0 amide bonds. The van der Waals surface area contributed by atoms with E-state index in [0.717, 1.165) is 33.0 Å². The number of benzene rings is 2. The van der Waals surface area contributed by atoms with Gasteiger partial charge in [-0.05, 0) is 68.1 Å². The fourth-order valence-electron chi connectivity index (χ4n) is 2.64. The van der Waals surface area contributed by atoms with Gasteiger partial charge in [-0.15, -0.1) is 0 Å². The van der Waals surface area contributed by atoms with Crippen molar-refractivity contribution in [1.29, 1.82) is 0 Å². The second-order valence-corrected chi connectivity index (χ2v) is 6.74. The molecule has 0 radical (unpaired) electrons. The van der Waals surface area contributed by atoms with Gasteiger partial charge in [0.1, 0.15) is 17.8 Å². The zero-order chi connectivity index (χ0) is 18.8. The summed E-state index contributed by atoms with van der Waals surface area (Å²) in [6.07, 6.45) is 1.43. The van der Waals surface area contributed by atoms with Crippen molar-refractivity contribution in [2.75, 3.05) is 11.1 Å². The van der Waals surface area contributed by atoms with Crippen LogP contribution in [0.1, 0.15) is 22.3 Å². The van der Waals surface area contributed by atoms with Crippen molar-refractivity contribution in [3.05, 3.63) is 63.9 Å². The Balaban J connectivity index is 1.91. The number of rotatable bonds is 4. The first-order valence-corrected chi connectivity index (χ1v) is 8.62. The molecule has 0 aliphatic carbocycles. The van der Waals surface area contributed by atoms with Crippen LogP contribution in [0.4, 0.5) is 17.2 Å². The Bertz CT molecular complexity index is 949. The highest BCUT2D eigenvalue weighted by Gasteiger charge is 2.13. The smallest absolute Gasteiger partial charge is 0.248 e. The molecule has 134 valence electrons. The molecule has 2 aromatic carbocycles. The number of nitrogens with one attached hydrogen (secondary N) is 1. The number of halogens is 1. The number of ether oxygens (including phenoxy) is 1. The minimum absolute atomic E-state index is 0.300. The Morgan fingerprint density at radius 1 is 0.962 bits per heavy atom. The van der Waals surface area contributed by atoms with Gasteiger partial charge in [-0.3, -0.25) is 0 Å². The van der Waals surface area contributed by atoms with Crippen LogP contribution in [0.5, 0.6) is 11.6 Å². The minimum atomic E-state index is 0.300. The molecule has 0 unspecified atom stereocenters. The summed E-state index contributed by atoms with van der Waals surface area (Å²) in [5.41, 5.74) is 11.6. The van der Waals surface area contributed by atoms with Crippen LogP contribution in [0.15, 0.2) is 36.7 Å². The van der Waals surface area contributed by atoms with Gasteiger partial charge in [0, 0.05) is 10.7 Å². The number of hydrogen-bond acceptors (Lipinski definition) is 5. The van der Waals surface area contributed by atoms with Gasteiger partial charge >= 0.3 is 0 Å².